The SMILES string of the molecule is O=C(CCc1nc2ccccc2[nH]1)OCc1ccccc1F. The number of fused-ring (bicyclic) bond motifs is 1. The Morgan fingerprint density at radius 1 is 1.14 bits per heavy atom. The molecule has 0 saturated carbocycles. The Bertz CT molecular complexity index is 765. The maximum Gasteiger partial charge on any atom is 0.306 e. The van der Waals surface area contributed by atoms with Crippen molar-refractivity contribution in [3.8, 4) is 0 Å². The molecular formula is C17H15FN2O2. The van der Waals surface area contributed by atoms with Gasteiger partial charge in [-0.1, -0.05) is 30.3 Å². The van der Waals surface area contributed by atoms with Crippen LogP contribution >= 0.6 is 0 Å². The monoisotopic (exact) mass is 298 g/mol. The van der Waals surface area contributed by atoms with Gasteiger partial charge in [0.2, 0.25) is 0 Å². The number of para-hydroxylation sites is 2. The number of H-pyrrole nitrogens is 1. The van der Waals surface area contributed by atoms with Gasteiger partial charge in [0.25, 0.3) is 0 Å². The van der Waals surface area contributed by atoms with Crippen LogP contribution in [-0.4, -0.2) is 15.9 Å². The second-order valence-corrected chi connectivity index (χ2v) is 4.95. The largest absolute Gasteiger partial charge is 0.461 e. The second-order valence-electron chi connectivity index (χ2n) is 4.95. The van der Waals surface area contributed by atoms with Gasteiger partial charge in [0.05, 0.1) is 17.5 Å². The standard InChI is InChI=1S/C17H15FN2O2/c18-13-6-2-1-5-12(13)11-22-17(21)10-9-16-19-14-7-3-4-8-15(14)20-16/h1-8H,9-11H2,(H,19,20). The van der Waals surface area contributed by atoms with Crippen molar-refractivity contribution in [1.29, 1.82) is 0 Å². The summed E-state index contributed by atoms with van der Waals surface area (Å²) in [5.74, 6) is 0.000310. The zero-order valence-corrected chi connectivity index (χ0v) is 11.9. The normalized spacial score (nSPS) is 10.8. The number of carbonyl (C=O) groups is 1. The van der Waals surface area contributed by atoms with Gasteiger partial charge < -0.3 is 9.72 Å². The molecule has 2 aromatic carbocycles. The zero-order valence-electron chi connectivity index (χ0n) is 11.9. The summed E-state index contributed by atoms with van der Waals surface area (Å²) in [6, 6.07) is 13.9. The number of rotatable bonds is 5. The highest BCUT2D eigenvalue weighted by atomic mass is 19.1. The van der Waals surface area contributed by atoms with Gasteiger partial charge in [-0.2, -0.15) is 0 Å². The number of ether oxygens (including phenoxy) is 1. The minimum absolute atomic E-state index is 0.0500. The zero-order chi connectivity index (χ0) is 15.4. The number of hydrogen-bond acceptors (Lipinski definition) is 3. The van der Waals surface area contributed by atoms with Crippen molar-refractivity contribution in [1.82, 2.24) is 9.97 Å². The van der Waals surface area contributed by atoms with E-state index >= 15 is 0 Å². The molecule has 3 aromatic rings. The lowest BCUT2D eigenvalue weighted by Gasteiger charge is -2.05. The third-order valence-electron chi connectivity index (χ3n) is 3.35. The van der Waals surface area contributed by atoms with Crippen LogP contribution in [0.2, 0.25) is 0 Å². The highest BCUT2D eigenvalue weighted by Gasteiger charge is 2.09. The Kier molecular flexibility index (Phi) is 4.14. The summed E-state index contributed by atoms with van der Waals surface area (Å²) in [5, 5.41) is 0. The molecule has 1 aromatic heterocycles. The van der Waals surface area contributed by atoms with E-state index in [9.17, 15) is 9.18 Å². The third kappa shape index (κ3) is 3.31. The van der Waals surface area contributed by atoms with Crippen molar-refractivity contribution in [3.05, 3.63) is 65.7 Å². The summed E-state index contributed by atoms with van der Waals surface area (Å²) in [7, 11) is 0. The highest BCUT2D eigenvalue weighted by Crippen LogP contribution is 2.12. The van der Waals surface area contributed by atoms with E-state index in [1.165, 1.54) is 6.07 Å². The summed E-state index contributed by atoms with van der Waals surface area (Å²) < 4.78 is 18.5. The van der Waals surface area contributed by atoms with Crippen LogP contribution in [0.1, 0.15) is 17.8 Å². The molecule has 0 amide bonds. The van der Waals surface area contributed by atoms with Crippen LogP contribution < -0.4 is 0 Å². The smallest absolute Gasteiger partial charge is 0.306 e. The Labute approximate surface area is 126 Å². The van der Waals surface area contributed by atoms with Crippen molar-refractivity contribution in [3.63, 3.8) is 0 Å². The highest BCUT2D eigenvalue weighted by molar-refractivity contribution is 5.75. The molecular weight excluding hydrogens is 283 g/mol. The van der Waals surface area contributed by atoms with E-state index in [0.717, 1.165) is 16.9 Å². The van der Waals surface area contributed by atoms with E-state index in [1.807, 2.05) is 24.3 Å². The number of carbonyl (C=O) groups excluding carboxylic acids is 1. The molecule has 0 unspecified atom stereocenters. The molecule has 5 heteroatoms. The van der Waals surface area contributed by atoms with Crippen LogP contribution in [0.4, 0.5) is 4.39 Å². The van der Waals surface area contributed by atoms with Crippen LogP contribution in [0.3, 0.4) is 0 Å². The van der Waals surface area contributed by atoms with Crippen LogP contribution in [0.25, 0.3) is 11.0 Å². The number of nitrogens with one attached hydrogen (secondary N) is 1. The van der Waals surface area contributed by atoms with Gasteiger partial charge in [-0.15, -0.1) is 0 Å². The fraction of sp³-hybridized carbons (Fsp3) is 0.176. The molecule has 0 fully saturated rings. The summed E-state index contributed by atoms with van der Waals surface area (Å²) in [4.78, 5) is 19.3. The number of hydrogen-bond donors (Lipinski definition) is 1. The molecule has 0 aliphatic carbocycles. The molecule has 0 radical (unpaired) electrons. The number of aryl methyl sites for hydroxylation is 1. The minimum atomic E-state index is -0.372. The molecule has 112 valence electrons. The minimum Gasteiger partial charge on any atom is -0.461 e. The molecule has 0 aliphatic rings. The van der Waals surface area contributed by atoms with Crippen molar-refractivity contribution in [2.75, 3.05) is 0 Å². The Hall–Kier alpha value is -2.69. The van der Waals surface area contributed by atoms with Gasteiger partial charge in [-0.05, 0) is 18.2 Å². The average molecular weight is 298 g/mol. The van der Waals surface area contributed by atoms with Crippen molar-refractivity contribution in [2.45, 2.75) is 19.4 Å². The first-order valence-corrected chi connectivity index (χ1v) is 7.05. The first kappa shape index (κ1) is 14.3. The predicted octanol–water partition coefficient (Wildman–Crippen LogP) is 3.38. The summed E-state index contributed by atoms with van der Waals surface area (Å²) in [6.07, 6.45) is 0.666. The Balaban J connectivity index is 1.53. The molecule has 0 spiro atoms. The fourth-order valence-electron chi connectivity index (χ4n) is 2.19. The number of benzene rings is 2. The molecule has 1 heterocycles. The van der Waals surface area contributed by atoms with E-state index < -0.39 is 0 Å². The molecule has 0 saturated heterocycles. The molecule has 3 rings (SSSR count). The lowest BCUT2D eigenvalue weighted by atomic mass is 10.2. The first-order valence-electron chi connectivity index (χ1n) is 7.05. The van der Waals surface area contributed by atoms with Crippen molar-refractivity contribution >= 4 is 17.0 Å². The lowest BCUT2D eigenvalue weighted by Crippen LogP contribution is -2.07. The van der Waals surface area contributed by atoms with E-state index in [0.29, 0.717) is 12.0 Å². The Morgan fingerprint density at radius 3 is 2.73 bits per heavy atom. The first-order chi connectivity index (χ1) is 10.7. The predicted molar refractivity (Wildman–Crippen MR) is 80.6 cm³/mol. The molecule has 0 aliphatic heterocycles. The third-order valence-corrected chi connectivity index (χ3v) is 3.35. The van der Waals surface area contributed by atoms with Gasteiger partial charge >= 0.3 is 5.97 Å². The maximum atomic E-state index is 13.4. The van der Waals surface area contributed by atoms with E-state index in [4.69, 9.17) is 4.74 Å². The second kappa shape index (κ2) is 6.39. The van der Waals surface area contributed by atoms with Crippen molar-refractivity contribution in [2.24, 2.45) is 0 Å². The van der Waals surface area contributed by atoms with Crippen LogP contribution in [0.15, 0.2) is 48.5 Å². The summed E-state index contributed by atoms with van der Waals surface area (Å²) in [6.45, 7) is -0.0500. The number of esters is 1. The number of halogens is 1. The number of imidazole rings is 1. The Morgan fingerprint density at radius 2 is 1.91 bits per heavy atom. The number of aromatic nitrogens is 2. The average Bonchev–Trinajstić information content (AvgIpc) is 2.95. The molecule has 22 heavy (non-hydrogen) atoms. The molecule has 0 bridgehead atoms. The summed E-state index contributed by atoms with van der Waals surface area (Å²) in [5.41, 5.74) is 2.19. The number of nitrogens with zero attached hydrogens (tertiary/aromatic N) is 1. The van der Waals surface area contributed by atoms with Crippen LogP contribution in [-0.2, 0) is 22.6 Å². The van der Waals surface area contributed by atoms with E-state index in [-0.39, 0.29) is 24.8 Å². The van der Waals surface area contributed by atoms with Gasteiger partial charge in [0, 0.05) is 12.0 Å². The fourth-order valence-corrected chi connectivity index (χ4v) is 2.19. The summed E-state index contributed by atoms with van der Waals surface area (Å²) >= 11 is 0. The molecule has 1 N–H and O–H groups in total. The molecule has 4 nitrogen and oxygen atoms in total. The topological polar surface area (TPSA) is 55.0 Å². The van der Waals surface area contributed by atoms with Crippen LogP contribution in [0, 0.1) is 5.82 Å². The van der Waals surface area contributed by atoms with Gasteiger partial charge in [0.1, 0.15) is 18.2 Å². The van der Waals surface area contributed by atoms with Crippen LogP contribution in [0.5, 0.6) is 0 Å². The van der Waals surface area contributed by atoms with Gasteiger partial charge in [-0.3, -0.25) is 4.79 Å². The van der Waals surface area contributed by atoms with Gasteiger partial charge in [0.15, 0.2) is 0 Å². The number of aromatic amines is 1. The lowest BCUT2D eigenvalue weighted by molar-refractivity contribution is -0.145. The van der Waals surface area contributed by atoms with Crippen molar-refractivity contribution < 1.29 is 13.9 Å². The quantitative estimate of drug-likeness (QED) is 0.735. The van der Waals surface area contributed by atoms with Gasteiger partial charge in [-0.25, -0.2) is 9.37 Å². The van der Waals surface area contributed by atoms with E-state index in [2.05, 4.69) is 9.97 Å². The maximum absolute atomic E-state index is 13.4. The van der Waals surface area contributed by atoms with E-state index in [1.54, 1.807) is 18.2 Å². The molecule has 0 atom stereocenters.